The Morgan fingerprint density at radius 2 is 2.06 bits per heavy atom. The first-order chi connectivity index (χ1) is 8.05. The van der Waals surface area contributed by atoms with Gasteiger partial charge in [0.05, 0.1) is 5.56 Å². The van der Waals surface area contributed by atoms with Gasteiger partial charge in [-0.25, -0.2) is 0 Å². The van der Waals surface area contributed by atoms with Crippen molar-refractivity contribution in [2.75, 3.05) is 6.61 Å². The van der Waals surface area contributed by atoms with Crippen molar-refractivity contribution in [1.82, 2.24) is 0 Å². The number of halogens is 3. The Kier molecular flexibility index (Phi) is 4.75. The normalized spacial score (nSPS) is 11.7. The van der Waals surface area contributed by atoms with E-state index in [2.05, 4.69) is 17.9 Å². The lowest BCUT2D eigenvalue weighted by atomic mass is 10.1. The second-order valence-corrected chi connectivity index (χ2v) is 3.16. The molecule has 0 aliphatic carbocycles. The van der Waals surface area contributed by atoms with Gasteiger partial charge in [-0.1, -0.05) is 29.4 Å². The molecular weight excluding hydrogens is 231 g/mol. The van der Waals surface area contributed by atoms with Gasteiger partial charge in [0.25, 0.3) is 0 Å². The fraction of sp³-hybridized carbons (Fsp3) is 0.250. The number of nitrogens with zero attached hydrogens (tertiary/aromatic N) is 1. The van der Waals surface area contributed by atoms with Crippen molar-refractivity contribution in [3.63, 3.8) is 0 Å². The monoisotopic (exact) mass is 242 g/mol. The van der Waals surface area contributed by atoms with Crippen molar-refractivity contribution in [1.29, 1.82) is 0 Å². The van der Waals surface area contributed by atoms with Crippen molar-refractivity contribution < 1.29 is 18.0 Å². The van der Waals surface area contributed by atoms with Crippen LogP contribution in [0.15, 0.2) is 42.1 Å². The van der Waals surface area contributed by atoms with Gasteiger partial charge in [0.1, 0.15) is 12.8 Å². The maximum atomic E-state index is 12.5. The summed E-state index contributed by atoms with van der Waals surface area (Å²) in [5.41, 5.74) is -0.922. The number of benzene rings is 1. The van der Waals surface area contributed by atoms with E-state index in [1.807, 2.05) is 0 Å². The lowest BCUT2D eigenvalue weighted by Crippen LogP contribution is -2.08. The summed E-state index contributed by atoms with van der Waals surface area (Å²) in [6.07, 6.45) is 0.0104. The van der Waals surface area contributed by atoms with E-state index in [0.717, 1.165) is 6.07 Å². The highest BCUT2D eigenvalue weighted by molar-refractivity contribution is 5.81. The van der Waals surface area contributed by atoms with E-state index in [9.17, 15) is 13.2 Å². The largest absolute Gasteiger partial charge is 0.417 e. The first-order valence-corrected chi connectivity index (χ1v) is 4.91. The van der Waals surface area contributed by atoms with Gasteiger partial charge >= 0.3 is 6.18 Å². The lowest BCUT2D eigenvalue weighted by Gasteiger charge is -2.08. The molecule has 91 valence electrons. The molecule has 1 aromatic rings. The van der Waals surface area contributed by atoms with Gasteiger partial charge in [0.2, 0.25) is 0 Å². The highest BCUT2D eigenvalue weighted by Gasteiger charge is 2.32. The summed E-state index contributed by atoms with van der Waals surface area (Å²) in [5, 5.41) is 3.36. The van der Waals surface area contributed by atoms with E-state index in [1.165, 1.54) is 18.2 Å². The van der Waals surface area contributed by atoms with E-state index >= 15 is 0 Å². The average Bonchev–Trinajstić information content (AvgIpc) is 2.28. The molecule has 5 heteroatoms. The molecule has 0 heterocycles. The molecule has 1 rings (SSSR count). The zero-order valence-corrected chi connectivity index (χ0v) is 9.00. The minimum atomic E-state index is -4.42. The van der Waals surface area contributed by atoms with Crippen LogP contribution in [0.3, 0.4) is 0 Å². The first kappa shape index (κ1) is 13.3. The summed E-state index contributed by atoms with van der Waals surface area (Å²) in [5.74, 6) is 0. The Bertz CT molecular complexity index is 399. The van der Waals surface area contributed by atoms with E-state index in [0.29, 0.717) is 6.42 Å². The molecule has 1 aromatic carbocycles. The van der Waals surface area contributed by atoms with Crippen LogP contribution in [0.4, 0.5) is 13.2 Å². The zero-order chi connectivity index (χ0) is 12.7. The SMILES string of the molecule is C=CCCON=[C]c1ccccc1C(F)(F)F. The Balaban J connectivity index is 2.74. The van der Waals surface area contributed by atoms with Crippen molar-refractivity contribution in [3.8, 4) is 0 Å². The van der Waals surface area contributed by atoms with E-state index in [4.69, 9.17) is 4.84 Å². The van der Waals surface area contributed by atoms with Crippen LogP contribution < -0.4 is 0 Å². The van der Waals surface area contributed by atoms with Gasteiger partial charge in [-0.15, -0.1) is 6.58 Å². The maximum absolute atomic E-state index is 12.5. The third kappa shape index (κ3) is 4.30. The molecule has 0 aliphatic rings. The molecule has 0 bridgehead atoms. The molecule has 0 atom stereocenters. The second kappa shape index (κ2) is 6.08. The standard InChI is InChI=1S/C12H11F3NO/c1-2-3-8-17-16-9-10-6-4-5-7-11(10)12(13,14)15/h2,4-7H,1,3,8H2. The van der Waals surface area contributed by atoms with E-state index < -0.39 is 11.7 Å². The van der Waals surface area contributed by atoms with Crippen LogP contribution in [0.1, 0.15) is 17.5 Å². The first-order valence-electron chi connectivity index (χ1n) is 4.91. The van der Waals surface area contributed by atoms with Crippen molar-refractivity contribution >= 4 is 6.21 Å². The maximum Gasteiger partial charge on any atom is 0.417 e. The van der Waals surface area contributed by atoms with Gasteiger partial charge in [-0.2, -0.15) is 13.2 Å². The Morgan fingerprint density at radius 1 is 1.35 bits per heavy atom. The van der Waals surface area contributed by atoms with E-state index in [-0.39, 0.29) is 12.2 Å². The highest BCUT2D eigenvalue weighted by atomic mass is 19.4. The third-order valence-corrected chi connectivity index (χ3v) is 1.88. The van der Waals surface area contributed by atoms with Crippen LogP contribution in [0, 0.1) is 0 Å². The average molecular weight is 242 g/mol. The van der Waals surface area contributed by atoms with Gasteiger partial charge in [-0.05, 0) is 6.07 Å². The van der Waals surface area contributed by atoms with Gasteiger partial charge in [0.15, 0.2) is 0 Å². The van der Waals surface area contributed by atoms with Crippen molar-refractivity contribution in [2.24, 2.45) is 5.16 Å². The molecule has 0 unspecified atom stereocenters. The van der Waals surface area contributed by atoms with Crippen LogP contribution in [-0.4, -0.2) is 12.8 Å². The van der Waals surface area contributed by atoms with Gasteiger partial charge < -0.3 is 4.84 Å². The summed E-state index contributed by atoms with van der Waals surface area (Å²) in [7, 11) is 0. The number of rotatable bonds is 5. The van der Waals surface area contributed by atoms with Crippen LogP contribution in [0.2, 0.25) is 0 Å². The zero-order valence-electron chi connectivity index (χ0n) is 9.00. The Morgan fingerprint density at radius 3 is 2.71 bits per heavy atom. The quantitative estimate of drug-likeness (QED) is 0.335. The lowest BCUT2D eigenvalue weighted by molar-refractivity contribution is -0.137. The predicted molar refractivity (Wildman–Crippen MR) is 58.7 cm³/mol. The van der Waals surface area contributed by atoms with Crippen LogP contribution in [0.25, 0.3) is 0 Å². The van der Waals surface area contributed by atoms with Crippen LogP contribution in [-0.2, 0) is 11.0 Å². The Hall–Kier alpha value is -1.78. The molecular formula is C12H11F3NO. The molecule has 0 saturated carbocycles. The molecule has 2 nitrogen and oxygen atoms in total. The molecule has 0 fully saturated rings. The molecule has 0 amide bonds. The Labute approximate surface area is 97.4 Å². The molecule has 0 spiro atoms. The number of alkyl halides is 3. The summed E-state index contributed by atoms with van der Waals surface area (Å²) < 4.78 is 37.6. The summed E-state index contributed by atoms with van der Waals surface area (Å²) in [6.45, 7) is 3.74. The molecule has 0 saturated heterocycles. The summed E-state index contributed by atoms with van der Waals surface area (Å²) in [6, 6.07) is 5.05. The highest BCUT2D eigenvalue weighted by Crippen LogP contribution is 2.31. The molecule has 0 aromatic heterocycles. The minimum Gasteiger partial charge on any atom is -0.395 e. The summed E-state index contributed by atoms with van der Waals surface area (Å²) >= 11 is 0. The number of hydrogen-bond acceptors (Lipinski definition) is 2. The molecule has 1 radical (unpaired) electrons. The topological polar surface area (TPSA) is 21.6 Å². The third-order valence-electron chi connectivity index (χ3n) is 1.88. The smallest absolute Gasteiger partial charge is 0.395 e. The second-order valence-electron chi connectivity index (χ2n) is 3.16. The van der Waals surface area contributed by atoms with Crippen molar-refractivity contribution in [3.05, 3.63) is 48.0 Å². The summed E-state index contributed by atoms with van der Waals surface area (Å²) in [4.78, 5) is 4.72. The van der Waals surface area contributed by atoms with Crippen molar-refractivity contribution in [2.45, 2.75) is 12.6 Å². The minimum absolute atomic E-state index is 0.140. The molecule has 17 heavy (non-hydrogen) atoms. The fourth-order valence-corrected chi connectivity index (χ4v) is 1.09. The number of hydrogen-bond donors (Lipinski definition) is 0. The predicted octanol–water partition coefficient (Wildman–Crippen LogP) is 3.51. The fourth-order valence-electron chi connectivity index (χ4n) is 1.09. The molecule has 0 N–H and O–H groups in total. The van der Waals surface area contributed by atoms with Gasteiger partial charge in [0, 0.05) is 12.0 Å². The molecule has 0 aliphatic heterocycles. The van der Waals surface area contributed by atoms with E-state index in [1.54, 1.807) is 6.08 Å². The van der Waals surface area contributed by atoms with Crippen LogP contribution >= 0.6 is 0 Å². The van der Waals surface area contributed by atoms with Gasteiger partial charge in [-0.3, -0.25) is 0 Å². The van der Waals surface area contributed by atoms with Crippen LogP contribution in [0.5, 0.6) is 0 Å².